The van der Waals surface area contributed by atoms with Crippen LogP contribution in [0.15, 0.2) is 42.5 Å². The second-order valence-electron chi connectivity index (χ2n) is 10.4. The maximum atomic E-state index is 13.8. The van der Waals surface area contributed by atoms with Crippen molar-refractivity contribution in [1.29, 1.82) is 0 Å². The number of hydrogen-bond acceptors (Lipinski definition) is 5. The number of rotatable bonds is 10. The molecule has 0 aliphatic carbocycles. The van der Waals surface area contributed by atoms with Crippen LogP contribution in [0.2, 0.25) is 0 Å². The maximum Gasteiger partial charge on any atom is 0.408 e. The first-order valence-electron chi connectivity index (χ1n) is 12.8. The molecule has 202 valence electrons. The summed E-state index contributed by atoms with van der Waals surface area (Å²) in [5.41, 5.74) is 2.22. The van der Waals surface area contributed by atoms with E-state index in [0.29, 0.717) is 24.2 Å². The van der Waals surface area contributed by atoms with Crippen molar-refractivity contribution in [3.8, 4) is 5.75 Å². The van der Waals surface area contributed by atoms with Crippen molar-refractivity contribution < 1.29 is 24.2 Å². The monoisotopic (exact) mass is 511 g/mol. The standard InChI is InChI=1S/C29H41N3O5/c1-8-9-10-17-32(27(35)21(4)30-28(36)37-29(5,6)7)25(22-15-12-16-23(33)18-22)26(34)31-24-19(2)13-11-14-20(24)3/h11-16,18,21,25,33H,8-10,17H2,1-7H3,(H,30,36)(H,31,34). The van der Waals surface area contributed by atoms with E-state index >= 15 is 0 Å². The number of carbonyl (C=O) groups is 3. The van der Waals surface area contributed by atoms with Crippen molar-refractivity contribution in [2.75, 3.05) is 11.9 Å². The number of hydrogen-bond donors (Lipinski definition) is 3. The summed E-state index contributed by atoms with van der Waals surface area (Å²) in [6, 6.07) is 10.1. The maximum absolute atomic E-state index is 13.8. The van der Waals surface area contributed by atoms with Crippen LogP contribution in [0.3, 0.4) is 0 Å². The fourth-order valence-corrected chi connectivity index (χ4v) is 4.06. The minimum Gasteiger partial charge on any atom is -0.508 e. The van der Waals surface area contributed by atoms with Gasteiger partial charge in [0.15, 0.2) is 0 Å². The number of nitrogens with one attached hydrogen (secondary N) is 2. The third-order valence-electron chi connectivity index (χ3n) is 5.86. The van der Waals surface area contributed by atoms with Gasteiger partial charge in [-0.15, -0.1) is 0 Å². The van der Waals surface area contributed by atoms with Crippen LogP contribution in [0.4, 0.5) is 10.5 Å². The summed E-state index contributed by atoms with van der Waals surface area (Å²) >= 11 is 0. The van der Waals surface area contributed by atoms with Crippen LogP contribution in [-0.2, 0) is 14.3 Å². The third-order valence-corrected chi connectivity index (χ3v) is 5.86. The summed E-state index contributed by atoms with van der Waals surface area (Å²) in [5, 5.41) is 15.8. The minimum atomic E-state index is -1.03. The molecule has 0 aliphatic rings. The van der Waals surface area contributed by atoms with Gasteiger partial charge < -0.3 is 25.4 Å². The summed E-state index contributed by atoms with van der Waals surface area (Å²) in [6.07, 6.45) is 1.76. The zero-order chi connectivity index (χ0) is 27.8. The van der Waals surface area contributed by atoms with E-state index in [1.54, 1.807) is 39.8 Å². The van der Waals surface area contributed by atoms with Crippen LogP contribution in [0, 0.1) is 13.8 Å². The van der Waals surface area contributed by atoms with Gasteiger partial charge in [-0.1, -0.05) is 50.1 Å². The van der Waals surface area contributed by atoms with Gasteiger partial charge in [0, 0.05) is 12.2 Å². The predicted octanol–water partition coefficient (Wildman–Crippen LogP) is 5.62. The van der Waals surface area contributed by atoms with Crippen molar-refractivity contribution in [3.63, 3.8) is 0 Å². The Labute approximate surface area is 220 Å². The Morgan fingerprint density at radius 3 is 2.22 bits per heavy atom. The molecule has 0 bridgehead atoms. The van der Waals surface area contributed by atoms with Crippen LogP contribution in [0.25, 0.3) is 0 Å². The number of ether oxygens (including phenoxy) is 1. The Hall–Kier alpha value is -3.55. The number of aromatic hydroxyl groups is 1. The second-order valence-corrected chi connectivity index (χ2v) is 10.4. The van der Waals surface area contributed by atoms with E-state index in [4.69, 9.17) is 4.74 Å². The lowest BCUT2D eigenvalue weighted by Gasteiger charge is -2.34. The van der Waals surface area contributed by atoms with Crippen LogP contribution in [-0.4, -0.2) is 46.1 Å². The van der Waals surface area contributed by atoms with Gasteiger partial charge in [-0.2, -0.15) is 0 Å². The lowest BCUT2D eigenvalue weighted by Crippen LogP contribution is -2.51. The molecule has 2 unspecified atom stereocenters. The summed E-state index contributed by atoms with van der Waals surface area (Å²) in [7, 11) is 0. The number of carbonyl (C=O) groups excluding carboxylic acids is 3. The molecule has 2 aromatic rings. The van der Waals surface area contributed by atoms with Crippen molar-refractivity contribution in [2.24, 2.45) is 0 Å². The first-order chi connectivity index (χ1) is 17.3. The van der Waals surface area contributed by atoms with Gasteiger partial charge in [-0.25, -0.2) is 4.79 Å². The Kier molecular flexibility index (Phi) is 10.5. The number of unbranched alkanes of at least 4 members (excludes halogenated alkanes) is 2. The molecule has 2 atom stereocenters. The van der Waals surface area contributed by atoms with Crippen LogP contribution < -0.4 is 10.6 Å². The third kappa shape index (κ3) is 8.81. The molecular formula is C29H41N3O5. The number of nitrogens with zero attached hydrogens (tertiary/aromatic N) is 1. The van der Waals surface area contributed by atoms with Crippen molar-refractivity contribution in [2.45, 2.75) is 85.4 Å². The van der Waals surface area contributed by atoms with Gasteiger partial charge in [0.05, 0.1) is 0 Å². The zero-order valence-corrected chi connectivity index (χ0v) is 23.1. The molecule has 0 fully saturated rings. The second kappa shape index (κ2) is 13.1. The number of phenolic OH excluding ortho intramolecular Hbond substituents is 1. The molecule has 8 nitrogen and oxygen atoms in total. The molecule has 0 aromatic heterocycles. The van der Waals surface area contributed by atoms with Gasteiger partial charge in [0.2, 0.25) is 5.91 Å². The minimum absolute atomic E-state index is 0.0109. The largest absolute Gasteiger partial charge is 0.508 e. The number of aryl methyl sites for hydroxylation is 2. The number of amides is 3. The molecular weight excluding hydrogens is 470 g/mol. The van der Waals surface area contributed by atoms with Gasteiger partial charge in [0.25, 0.3) is 5.91 Å². The van der Waals surface area contributed by atoms with Crippen LogP contribution in [0.5, 0.6) is 5.75 Å². The normalized spacial score (nSPS) is 12.8. The number of benzene rings is 2. The smallest absolute Gasteiger partial charge is 0.408 e. The highest BCUT2D eigenvalue weighted by Crippen LogP contribution is 2.29. The van der Waals surface area contributed by atoms with E-state index in [1.807, 2.05) is 32.0 Å². The topological polar surface area (TPSA) is 108 Å². The molecule has 0 aliphatic heterocycles. The molecule has 0 radical (unpaired) electrons. The Morgan fingerprint density at radius 2 is 1.65 bits per heavy atom. The number of para-hydroxylation sites is 1. The van der Waals surface area contributed by atoms with E-state index in [0.717, 1.165) is 24.0 Å². The predicted molar refractivity (Wildman–Crippen MR) is 145 cm³/mol. The molecule has 0 spiro atoms. The fraction of sp³-hybridized carbons (Fsp3) is 0.483. The van der Waals surface area contributed by atoms with E-state index in [2.05, 4.69) is 17.6 Å². The molecule has 0 heterocycles. The highest BCUT2D eigenvalue weighted by molar-refractivity contribution is 5.99. The Bertz CT molecular complexity index is 1070. The molecule has 3 N–H and O–H groups in total. The first kappa shape index (κ1) is 29.7. The highest BCUT2D eigenvalue weighted by Gasteiger charge is 2.35. The SMILES string of the molecule is CCCCCN(C(=O)C(C)NC(=O)OC(C)(C)C)C(C(=O)Nc1c(C)cccc1C)c1cccc(O)c1. The quantitative estimate of drug-likeness (QED) is 0.359. The van der Waals surface area contributed by atoms with Gasteiger partial charge in [-0.05, 0) is 76.8 Å². The van der Waals surface area contributed by atoms with Gasteiger partial charge in [0.1, 0.15) is 23.4 Å². The average molecular weight is 512 g/mol. The summed E-state index contributed by atoms with van der Waals surface area (Å²) in [6.45, 7) is 13.0. The molecule has 0 saturated carbocycles. The van der Waals surface area contributed by atoms with Crippen molar-refractivity contribution >= 4 is 23.6 Å². The van der Waals surface area contributed by atoms with E-state index in [9.17, 15) is 19.5 Å². The van der Waals surface area contributed by atoms with Crippen LogP contribution >= 0.6 is 0 Å². The molecule has 2 rings (SSSR count). The highest BCUT2D eigenvalue weighted by atomic mass is 16.6. The molecule has 8 heteroatoms. The van der Waals surface area contributed by atoms with Gasteiger partial charge >= 0.3 is 6.09 Å². The lowest BCUT2D eigenvalue weighted by atomic mass is 10.0. The van der Waals surface area contributed by atoms with E-state index < -0.39 is 35.6 Å². The molecule has 2 aromatic carbocycles. The Morgan fingerprint density at radius 1 is 1.03 bits per heavy atom. The number of anilines is 1. The summed E-state index contributed by atoms with van der Waals surface area (Å²) in [4.78, 5) is 41.4. The van der Waals surface area contributed by atoms with Gasteiger partial charge in [-0.3, -0.25) is 9.59 Å². The van der Waals surface area contributed by atoms with E-state index in [1.165, 1.54) is 17.0 Å². The summed E-state index contributed by atoms with van der Waals surface area (Å²) < 4.78 is 5.32. The first-order valence-corrected chi connectivity index (χ1v) is 12.8. The number of alkyl carbamates (subject to hydrolysis) is 1. The lowest BCUT2D eigenvalue weighted by molar-refractivity contribution is -0.140. The zero-order valence-electron chi connectivity index (χ0n) is 23.1. The Balaban J connectivity index is 2.47. The summed E-state index contributed by atoms with van der Waals surface area (Å²) in [5.74, 6) is -0.840. The average Bonchev–Trinajstić information content (AvgIpc) is 2.79. The van der Waals surface area contributed by atoms with Crippen LogP contribution in [0.1, 0.15) is 76.6 Å². The molecule has 37 heavy (non-hydrogen) atoms. The van der Waals surface area contributed by atoms with Crippen molar-refractivity contribution in [1.82, 2.24) is 10.2 Å². The molecule has 0 saturated heterocycles. The molecule has 3 amide bonds. The fourth-order valence-electron chi connectivity index (χ4n) is 4.06. The van der Waals surface area contributed by atoms with E-state index in [-0.39, 0.29) is 5.75 Å². The van der Waals surface area contributed by atoms with Crippen molar-refractivity contribution in [3.05, 3.63) is 59.2 Å². The number of phenols is 1.